The molecule has 4 nitrogen and oxygen atoms in total. The maximum absolute atomic E-state index is 7.99. The van der Waals surface area contributed by atoms with Crippen LogP contribution in [0.2, 0.25) is 0 Å². The summed E-state index contributed by atoms with van der Waals surface area (Å²) in [5, 5.41) is 0.311. The Balaban J connectivity index is 1.44. The number of para-hydroxylation sites is 1. The fourth-order valence-electron chi connectivity index (χ4n) is 6.81. The number of allylic oxidation sites excluding steroid dienone is 2. The van der Waals surface area contributed by atoms with Gasteiger partial charge in [-0.25, -0.2) is 4.98 Å². The molecule has 0 amide bonds. The van der Waals surface area contributed by atoms with Crippen LogP contribution in [0, 0.1) is 18.4 Å². The minimum atomic E-state index is 0.149. The molecule has 0 saturated heterocycles. The van der Waals surface area contributed by atoms with E-state index in [1.807, 2.05) is 11.8 Å². The summed E-state index contributed by atoms with van der Waals surface area (Å²) in [5.74, 6) is 3.90. The van der Waals surface area contributed by atoms with E-state index >= 15 is 0 Å². The first-order valence-corrected chi connectivity index (χ1v) is 12.4. The van der Waals surface area contributed by atoms with Crippen molar-refractivity contribution >= 4 is 29.1 Å². The van der Waals surface area contributed by atoms with Crippen molar-refractivity contribution in [1.82, 2.24) is 9.97 Å². The van der Waals surface area contributed by atoms with E-state index in [0.29, 0.717) is 22.9 Å². The quantitative estimate of drug-likeness (QED) is 0.488. The number of thioether (sulfide) groups is 1. The Labute approximate surface area is 187 Å². The molecule has 4 bridgehead atoms. The largest absolute Gasteiger partial charge is 0.358 e. The van der Waals surface area contributed by atoms with Crippen LogP contribution in [0.15, 0.2) is 53.5 Å². The van der Waals surface area contributed by atoms with Gasteiger partial charge in [0, 0.05) is 16.7 Å². The molecule has 1 aliphatic heterocycles. The van der Waals surface area contributed by atoms with Gasteiger partial charge < -0.3 is 9.74 Å². The van der Waals surface area contributed by atoms with Gasteiger partial charge in [0.1, 0.15) is 0 Å². The summed E-state index contributed by atoms with van der Waals surface area (Å²) in [5.41, 5.74) is 3.51. The van der Waals surface area contributed by atoms with E-state index in [1.54, 1.807) is 0 Å². The van der Waals surface area contributed by atoms with Crippen molar-refractivity contribution in [3.63, 3.8) is 0 Å². The third-order valence-corrected chi connectivity index (χ3v) is 9.21. The smallest absolute Gasteiger partial charge is 0.312 e. The van der Waals surface area contributed by atoms with Gasteiger partial charge in [-0.1, -0.05) is 43.0 Å². The van der Waals surface area contributed by atoms with Gasteiger partial charge in [0.05, 0.1) is 22.7 Å². The van der Waals surface area contributed by atoms with Gasteiger partial charge in [0.25, 0.3) is 0 Å². The summed E-state index contributed by atoms with van der Waals surface area (Å²) in [6.07, 6.45) is 15.2. The van der Waals surface area contributed by atoms with Crippen LogP contribution in [0.1, 0.15) is 55.3 Å². The number of benzene rings is 1. The molecular formula is C26H24N4S. The van der Waals surface area contributed by atoms with Crippen molar-refractivity contribution in [2.24, 2.45) is 11.8 Å². The van der Waals surface area contributed by atoms with Crippen molar-refractivity contribution < 1.29 is 0 Å². The third kappa shape index (κ3) is 2.67. The third-order valence-electron chi connectivity index (χ3n) is 7.90. The number of hydrogen-bond donors (Lipinski definition) is 0. The summed E-state index contributed by atoms with van der Waals surface area (Å²) in [6, 6.07) is 8.69. The zero-order chi connectivity index (χ0) is 20.5. The molecule has 2 heterocycles. The summed E-state index contributed by atoms with van der Waals surface area (Å²) in [6.45, 7) is 7.99. The number of hydrogen-bond acceptors (Lipinski definition) is 4. The lowest BCUT2D eigenvalue weighted by atomic mass is 9.67. The molecule has 6 aliphatic rings. The first-order valence-electron chi connectivity index (χ1n) is 11.5. The Hall–Kier alpha value is -2.58. The second kappa shape index (κ2) is 6.71. The minimum absolute atomic E-state index is 0.149. The van der Waals surface area contributed by atoms with Crippen molar-refractivity contribution in [2.75, 3.05) is 4.90 Å². The molecule has 0 radical (unpaired) electrons. The summed E-state index contributed by atoms with van der Waals surface area (Å²) < 4.78 is 0. The molecular weight excluding hydrogens is 400 g/mol. The first kappa shape index (κ1) is 18.0. The van der Waals surface area contributed by atoms with Crippen molar-refractivity contribution in [3.05, 3.63) is 71.4 Å². The maximum Gasteiger partial charge on any atom is 0.312 e. The van der Waals surface area contributed by atoms with Gasteiger partial charge in [0.15, 0.2) is 11.5 Å². The maximum atomic E-state index is 7.99. The summed E-state index contributed by atoms with van der Waals surface area (Å²) in [7, 11) is 0. The number of rotatable bonds is 1. The van der Waals surface area contributed by atoms with Gasteiger partial charge in [-0.3, -0.25) is 0 Å². The lowest BCUT2D eigenvalue weighted by Gasteiger charge is -2.41. The van der Waals surface area contributed by atoms with Crippen molar-refractivity contribution in [1.29, 1.82) is 0 Å². The van der Waals surface area contributed by atoms with Gasteiger partial charge in [0.2, 0.25) is 0 Å². The molecule has 154 valence electrons. The molecule has 2 saturated carbocycles. The number of fused-ring (bicyclic) bond motifs is 2. The Morgan fingerprint density at radius 1 is 0.903 bits per heavy atom. The predicted octanol–water partition coefficient (Wildman–Crippen LogP) is 6.53. The fourth-order valence-corrected chi connectivity index (χ4v) is 8.07. The lowest BCUT2D eigenvalue weighted by Crippen LogP contribution is -2.41. The van der Waals surface area contributed by atoms with Gasteiger partial charge in [-0.15, -0.1) is 16.7 Å². The topological polar surface area (TPSA) is 33.4 Å². The molecule has 1 aromatic heterocycles. The molecule has 8 rings (SSSR count). The normalized spacial score (nSPS) is 34.0. The van der Waals surface area contributed by atoms with E-state index in [2.05, 4.69) is 58.3 Å². The fraction of sp³-hybridized carbons (Fsp3) is 0.423. The highest BCUT2D eigenvalue weighted by atomic mass is 32.2. The van der Waals surface area contributed by atoms with E-state index in [9.17, 15) is 0 Å². The highest BCUT2D eigenvalue weighted by molar-refractivity contribution is 8.00. The lowest BCUT2D eigenvalue weighted by molar-refractivity contribution is 0.164. The van der Waals surface area contributed by atoms with E-state index in [0.717, 1.165) is 29.0 Å². The molecule has 2 fully saturated rings. The number of anilines is 2. The van der Waals surface area contributed by atoms with E-state index in [4.69, 9.17) is 16.5 Å². The van der Waals surface area contributed by atoms with Crippen LogP contribution in [0.25, 0.3) is 4.85 Å². The molecule has 5 aliphatic carbocycles. The first-order chi connectivity index (χ1) is 15.3. The van der Waals surface area contributed by atoms with Crippen LogP contribution in [-0.4, -0.2) is 21.3 Å². The number of aromatic nitrogens is 2. The zero-order valence-corrected chi connectivity index (χ0v) is 18.1. The molecule has 5 heteroatoms. The zero-order valence-electron chi connectivity index (χ0n) is 17.3. The predicted molar refractivity (Wildman–Crippen MR) is 124 cm³/mol. The molecule has 0 spiro atoms. The van der Waals surface area contributed by atoms with Crippen LogP contribution >= 0.6 is 11.8 Å². The minimum Gasteiger partial charge on any atom is -0.358 e. The summed E-state index contributed by atoms with van der Waals surface area (Å²) >= 11 is 1.90. The second-order valence-corrected chi connectivity index (χ2v) is 11.0. The van der Waals surface area contributed by atoms with Gasteiger partial charge >= 0.3 is 5.82 Å². The van der Waals surface area contributed by atoms with Crippen LogP contribution < -0.4 is 4.90 Å². The van der Waals surface area contributed by atoms with Crippen LogP contribution in [0.4, 0.5) is 17.3 Å². The second-order valence-electron chi connectivity index (χ2n) is 9.74. The highest BCUT2D eigenvalue weighted by Crippen LogP contribution is 2.56. The van der Waals surface area contributed by atoms with E-state index in [-0.39, 0.29) is 6.04 Å². The monoisotopic (exact) mass is 424 g/mol. The van der Waals surface area contributed by atoms with Crippen LogP contribution in [0.3, 0.4) is 0 Å². The molecule has 0 N–H and O–H groups in total. The Morgan fingerprint density at radius 2 is 1.61 bits per heavy atom. The van der Waals surface area contributed by atoms with Crippen LogP contribution in [0.5, 0.6) is 0 Å². The SMILES string of the molecule is [C-]#[N+]c1nc2c(nc1N1c3ccccc3SC3C=CC=CC31)C1CC3CC(CC2C3)C1. The molecule has 4 atom stereocenters. The van der Waals surface area contributed by atoms with E-state index < -0.39 is 0 Å². The standard InChI is InChI=1S/C26H24N4S/c1-27-25-26(29-24-18-13-15-10-16(14-18)12-17(11-15)23(24)28-25)30-19-6-2-4-8-21(19)31-22-9-5-3-7-20(22)30/h2-9,15-19,21H,10-14H2. The Morgan fingerprint density at radius 3 is 2.39 bits per heavy atom. The molecule has 2 aromatic rings. The Bertz CT molecular complexity index is 1160. The average Bonchev–Trinajstić information content (AvgIpc) is 2.96. The summed E-state index contributed by atoms with van der Waals surface area (Å²) in [4.78, 5) is 17.9. The molecule has 31 heavy (non-hydrogen) atoms. The highest BCUT2D eigenvalue weighted by Gasteiger charge is 2.46. The average molecular weight is 425 g/mol. The molecule has 4 unspecified atom stereocenters. The van der Waals surface area contributed by atoms with Crippen molar-refractivity contribution in [3.8, 4) is 0 Å². The van der Waals surface area contributed by atoms with Crippen LogP contribution in [-0.2, 0) is 0 Å². The van der Waals surface area contributed by atoms with Gasteiger partial charge in [-0.2, -0.15) is 0 Å². The number of nitrogens with zero attached hydrogens (tertiary/aromatic N) is 4. The molecule has 1 aromatic carbocycles. The van der Waals surface area contributed by atoms with Gasteiger partial charge in [-0.05, 0) is 56.1 Å². The van der Waals surface area contributed by atoms with Crippen molar-refractivity contribution in [2.45, 2.75) is 60.1 Å². The Kier molecular flexibility index (Phi) is 3.90. The van der Waals surface area contributed by atoms with E-state index in [1.165, 1.54) is 42.7 Å².